The Labute approximate surface area is 175 Å². The first-order valence-corrected chi connectivity index (χ1v) is 13.0. The molecule has 0 bridgehead atoms. The van der Waals surface area contributed by atoms with E-state index in [0.29, 0.717) is 4.88 Å². The van der Waals surface area contributed by atoms with Gasteiger partial charge in [-0.05, 0) is 41.6 Å². The van der Waals surface area contributed by atoms with E-state index in [4.69, 9.17) is 0 Å². The topological polar surface area (TPSA) is 88.5 Å². The van der Waals surface area contributed by atoms with Crippen LogP contribution in [-0.2, 0) is 19.7 Å². The molecule has 2 atom stereocenters. The van der Waals surface area contributed by atoms with E-state index in [1.54, 1.807) is 60.8 Å². The monoisotopic (exact) mass is 450 g/mol. The summed E-state index contributed by atoms with van der Waals surface area (Å²) in [6.07, 6.45) is 0. The number of benzene rings is 2. The maximum atomic E-state index is 13.7. The molecular weight excluding hydrogens is 428 g/mol. The molecule has 0 radical (unpaired) electrons. The summed E-state index contributed by atoms with van der Waals surface area (Å²) in [7, 11) is -8.56. The molecule has 1 heterocycles. The summed E-state index contributed by atoms with van der Waals surface area (Å²) in [6, 6.07) is 18.7. The van der Waals surface area contributed by atoms with Crippen LogP contribution in [-0.4, -0.2) is 33.1 Å². The van der Waals surface area contributed by atoms with E-state index >= 15 is 0 Å². The van der Waals surface area contributed by atoms with Crippen molar-refractivity contribution in [3.05, 3.63) is 83.1 Å². The number of hydrogen-bond acceptors (Lipinski definition) is 6. The third kappa shape index (κ3) is 4.30. The minimum Gasteiger partial charge on any atom is -0.396 e. The second-order valence-corrected chi connectivity index (χ2v) is 12.2. The summed E-state index contributed by atoms with van der Waals surface area (Å²) >= 11 is 1.29. The smallest absolute Gasteiger partial charge is 0.196 e. The van der Waals surface area contributed by atoms with Crippen molar-refractivity contribution in [3.63, 3.8) is 0 Å². The van der Waals surface area contributed by atoms with Gasteiger partial charge in [0.1, 0.15) is 0 Å². The molecule has 3 rings (SSSR count). The van der Waals surface area contributed by atoms with E-state index in [0.717, 1.165) is 0 Å². The van der Waals surface area contributed by atoms with Crippen molar-refractivity contribution in [3.8, 4) is 0 Å². The highest BCUT2D eigenvalue weighted by molar-refractivity contribution is 8.09. The lowest BCUT2D eigenvalue weighted by molar-refractivity contribution is 0.219. The molecule has 0 aliphatic rings. The quantitative estimate of drug-likeness (QED) is 0.565. The van der Waals surface area contributed by atoms with Crippen LogP contribution in [0.2, 0.25) is 0 Å². The Morgan fingerprint density at radius 1 is 0.793 bits per heavy atom. The second kappa shape index (κ2) is 8.79. The minimum absolute atomic E-state index is 0.0591. The van der Waals surface area contributed by atoms with E-state index in [2.05, 4.69) is 0 Å². The molecule has 154 valence electrons. The lowest BCUT2D eigenvalue weighted by atomic mass is 9.95. The zero-order valence-electron chi connectivity index (χ0n) is 15.7. The number of aliphatic hydroxyl groups is 1. The van der Waals surface area contributed by atoms with Crippen molar-refractivity contribution in [2.45, 2.75) is 27.2 Å². The van der Waals surface area contributed by atoms with Crippen LogP contribution in [0.4, 0.5) is 0 Å². The third-order valence-electron chi connectivity index (χ3n) is 4.82. The summed E-state index contributed by atoms with van der Waals surface area (Å²) in [6.45, 7) is 1.33. The zero-order chi connectivity index (χ0) is 21.1. The number of aliphatic hydroxyl groups excluding tert-OH is 1. The standard InChI is InChI=1S/C21H22O5S3/c1-16(15-22)20(19-13-8-14-27-19)21(28(23,24)17-9-4-2-5-10-17)29(25,26)18-11-6-3-7-12-18/h2-14,16,20-22H,15H2,1H3/t16-,20-/m1/s1. The predicted molar refractivity (Wildman–Crippen MR) is 114 cm³/mol. The molecule has 29 heavy (non-hydrogen) atoms. The number of hydrogen-bond donors (Lipinski definition) is 1. The predicted octanol–water partition coefficient (Wildman–Crippen LogP) is 3.73. The van der Waals surface area contributed by atoms with Crippen LogP contribution in [0, 0.1) is 5.92 Å². The van der Waals surface area contributed by atoms with Crippen LogP contribution in [0.3, 0.4) is 0 Å². The van der Waals surface area contributed by atoms with Crippen LogP contribution in [0.1, 0.15) is 17.7 Å². The van der Waals surface area contributed by atoms with Gasteiger partial charge in [0.15, 0.2) is 24.3 Å². The summed E-state index contributed by atoms with van der Waals surface area (Å²) < 4.78 is 52.8. The second-order valence-electron chi connectivity index (χ2n) is 6.79. The highest BCUT2D eigenvalue weighted by Crippen LogP contribution is 2.41. The first kappa shape index (κ1) is 21.7. The Hall–Kier alpha value is -2.00. The van der Waals surface area contributed by atoms with Gasteiger partial charge in [0.2, 0.25) is 0 Å². The number of sulfone groups is 2. The van der Waals surface area contributed by atoms with E-state index in [9.17, 15) is 21.9 Å². The van der Waals surface area contributed by atoms with Gasteiger partial charge in [-0.2, -0.15) is 0 Å². The highest BCUT2D eigenvalue weighted by atomic mass is 32.3. The Morgan fingerprint density at radius 3 is 1.66 bits per heavy atom. The molecule has 0 saturated carbocycles. The average molecular weight is 451 g/mol. The molecule has 0 aliphatic heterocycles. The summed E-state index contributed by atoms with van der Waals surface area (Å²) in [5.74, 6) is -1.51. The Balaban J connectivity index is 2.30. The van der Waals surface area contributed by atoms with Gasteiger partial charge in [0, 0.05) is 17.4 Å². The summed E-state index contributed by atoms with van der Waals surface area (Å²) in [5, 5.41) is 11.6. The van der Waals surface area contributed by atoms with Gasteiger partial charge < -0.3 is 5.11 Å². The fourth-order valence-corrected chi connectivity index (χ4v) is 9.70. The van der Waals surface area contributed by atoms with Gasteiger partial charge in [-0.25, -0.2) is 16.8 Å². The van der Waals surface area contributed by atoms with Crippen molar-refractivity contribution >= 4 is 31.0 Å². The molecule has 1 aromatic heterocycles. The van der Waals surface area contributed by atoms with Crippen LogP contribution in [0.15, 0.2) is 88.0 Å². The van der Waals surface area contributed by atoms with Crippen molar-refractivity contribution in [1.82, 2.24) is 0 Å². The average Bonchev–Trinajstić information content (AvgIpc) is 3.26. The SMILES string of the molecule is C[C@H](CO)[C@H](c1cccs1)C(S(=O)(=O)c1ccccc1)S(=O)(=O)c1ccccc1. The normalized spacial score (nSPS) is 14.6. The molecule has 3 aromatic rings. The maximum Gasteiger partial charge on any atom is 0.196 e. The van der Waals surface area contributed by atoms with E-state index in [-0.39, 0.29) is 16.4 Å². The minimum atomic E-state index is -4.28. The first-order chi connectivity index (χ1) is 13.8. The van der Waals surface area contributed by atoms with E-state index in [1.807, 2.05) is 0 Å². The third-order valence-corrected chi connectivity index (χ3v) is 11.0. The largest absolute Gasteiger partial charge is 0.396 e. The Kier molecular flexibility index (Phi) is 6.58. The lowest BCUT2D eigenvalue weighted by Gasteiger charge is -2.30. The fraction of sp³-hybridized carbons (Fsp3) is 0.238. The fourth-order valence-electron chi connectivity index (χ4n) is 3.32. The molecule has 0 fully saturated rings. The van der Waals surface area contributed by atoms with Crippen molar-refractivity contribution in [2.24, 2.45) is 5.92 Å². The summed E-state index contributed by atoms with van der Waals surface area (Å²) in [4.78, 5) is 0.489. The van der Waals surface area contributed by atoms with Crippen molar-refractivity contribution < 1.29 is 21.9 Å². The van der Waals surface area contributed by atoms with E-state index in [1.165, 1.54) is 35.6 Å². The van der Waals surface area contributed by atoms with Crippen LogP contribution < -0.4 is 0 Å². The molecule has 0 spiro atoms. The van der Waals surface area contributed by atoms with Crippen LogP contribution in [0.25, 0.3) is 0 Å². The highest BCUT2D eigenvalue weighted by Gasteiger charge is 2.48. The molecular formula is C21H22O5S3. The summed E-state index contributed by atoms with van der Waals surface area (Å²) in [5.41, 5.74) is 0. The Morgan fingerprint density at radius 2 is 1.28 bits per heavy atom. The molecule has 0 unspecified atom stereocenters. The Bertz CT molecular complexity index is 1050. The van der Waals surface area contributed by atoms with Gasteiger partial charge in [-0.1, -0.05) is 49.4 Å². The van der Waals surface area contributed by atoms with Gasteiger partial charge >= 0.3 is 0 Å². The lowest BCUT2D eigenvalue weighted by Crippen LogP contribution is -2.39. The first-order valence-electron chi connectivity index (χ1n) is 9.02. The molecule has 0 saturated heterocycles. The number of rotatable bonds is 8. The van der Waals surface area contributed by atoms with Crippen LogP contribution >= 0.6 is 11.3 Å². The van der Waals surface area contributed by atoms with Crippen LogP contribution in [0.5, 0.6) is 0 Å². The van der Waals surface area contributed by atoms with Gasteiger partial charge in [0.05, 0.1) is 9.79 Å². The van der Waals surface area contributed by atoms with Crippen molar-refractivity contribution in [1.29, 1.82) is 0 Å². The molecule has 0 aliphatic carbocycles. The molecule has 0 amide bonds. The molecule has 2 aromatic carbocycles. The van der Waals surface area contributed by atoms with E-state index < -0.39 is 36.1 Å². The molecule has 5 nitrogen and oxygen atoms in total. The van der Waals surface area contributed by atoms with Gasteiger partial charge in [-0.3, -0.25) is 0 Å². The zero-order valence-corrected chi connectivity index (χ0v) is 18.2. The van der Waals surface area contributed by atoms with Crippen molar-refractivity contribution in [2.75, 3.05) is 6.61 Å². The van der Waals surface area contributed by atoms with Gasteiger partial charge in [0.25, 0.3) is 0 Å². The number of thiophene rings is 1. The van der Waals surface area contributed by atoms with Gasteiger partial charge in [-0.15, -0.1) is 11.3 Å². The molecule has 8 heteroatoms. The maximum absolute atomic E-state index is 13.7. The molecule has 1 N–H and O–H groups in total.